The summed E-state index contributed by atoms with van der Waals surface area (Å²) >= 11 is 0. The van der Waals surface area contributed by atoms with Crippen LogP contribution in [0.25, 0.3) is 0 Å². The minimum Gasteiger partial charge on any atom is -0.373 e. The number of rotatable bonds is 5. The van der Waals surface area contributed by atoms with Gasteiger partial charge >= 0.3 is 0 Å². The highest BCUT2D eigenvalue weighted by atomic mass is 17.0. The Morgan fingerprint density at radius 1 is 1.00 bits per heavy atom. The van der Waals surface area contributed by atoms with Crippen molar-refractivity contribution in [1.82, 2.24) is 0 Å². The molecule has 3 atom stereocenters. The maximum Gasteiger partial charge on any atom is 0.294 e. The van der Waals surface area contributed by atoms with Gasteiger partial charge in [0.1, 0.15) is 0 Å². The first-order valence-corrected chi connectivity index (χ1v) is 6.32. The zero-order valence-electron chi connectivity index (χ0n) is 10.3. The van der Waals surface area contributed by atoms with E-state index < -0.39 is 28.5 Å². The van der Waals surface area contributed by atoms with Crippen LogP contribution in [0.3, 0.4) is 0 Å². The van der Waals surface area contributed by atoms with E-state index in [1.54, 1.807) is 0 Å². The lowest BCUT2D eigenvalue weighted by atomic mass is 9.83. The minimum absolute atomic E-state index is 0.0549. The monoisotopic (exact) mass is 276 g/mol. The van der Waals surface area contributed by atoms with Crippen LogP contribution in [-0.2, 0) is 14.4 Å². The predicted octanol–water partition coefficient (Wildman–Crippen LogP) is 1.12. The highest BCUT2D eigenvalue weighted by Crippen LogP contribution is 2.35. The molecule has 1 aliphatic carbocycles. The Kier molecular flexibility index (Phi) is 4.35. The Morgan fingerprint density at radius 2 is 1.63 bits per heavy atom. The largest absolute Gasteiger partial charge is 0.373 e. The lowest BCUT2D eigenvalue weighted by Crippen LogP contribution is -2.41. The Hall–Kier alpha value is -1.64. The molecule has 2 rings (SSSR count). The van der Waals surface area contributed by atoms with Crippen molar-refractivity contribution < 1.29 is 24.6 Å². The average molecular weight is 276 g/mol. The van der Waals surface area contributed by atoms with Gasteiger partial charge in [0.25, 0.3) is 10.2 Å². The first-order chi connectivity index (χ1) is 9.08. The molecule has 0 bridgehead atoms. The van der Waals surface area contributed by atoms with Gasteiger partial charge in [-0.2, -0.15) is 0 Å². The number of hydrogen-bond acceptors (Lipinski definition) is 7. The van der Waals surface area contributed by atoms with E-state index in [4.69, 9.17) is 4.74 Å². The molecule has 0 aromatic rings. The smallest absolute Gasteiger partial charge is 0.294 e. The van der Waals surface area contributed by atoms with Gasteiger partial charge in [-0.15, -0.1) is 20.2 Å². The Morgan fingerprint density at radius 3 is 2.21 bits per heavy atom. The fourth-order valence-corrected chi connectivity index (χ4v) is 2.90. The van der Waals surface area contributed by atoms with E-state index in [9.17, 15) is 20.2 Å². The zero-order valence-corrected chi connectivity index (χ0v) is 10.3. The highest BCUT2D eigenvalue weighted by molar-refractivity contribution is 4.90. The minimum atomic E-state index is -1.03. The van der Waals surface area contributed by atoms with Crippen LogP contribution in [0.1, 0.15) is 32.1 Å². The van der Waals surface area contributed by atoms with Gasteiger partial charge in [-0.3, -0.25) is 0 Å². The molecule has 9 heteroatoms. The molecule has 1 heterocycles. The van der Waals surface area contributed by atoms with Crippen LogP contribution in [0, 0.1) is 26.1 Å². The molecule has 1 saturated carbocycles. The normalized spacial score (nSPS) is 31.9. The Balaban J connectivity index is 2.04. The van der Waals surface area contributed by atoms with E-state index in [1.807, 2.05) is 0 Å². The van der Waals surface area contributed by atoms with Crippen molar-refractivity contribution in [2.75, 3.05) is 6.61 Å². The molecule has 1 aliphatic heterocycles. The molecule has 0 aromatic carbocycles. The van der Waals surface area contributed by atoms with E-state index in [0.29, 0.717) is 0 Å². The topological polar surface area (TPSA) is 114 Å². The van der Waals surface area contributed by atoms with Gasteiger partial charge in [0, 0.05) is 0 Å². The Labute approximate surface area is 109 Å². The van der Waals surface area contributed by atoms with Crippen molar-refractivity contribution in [3.05, 3.63) is 20.2 Å². The molecule has 0 radical (unpaired) electrons. The van der Waals surface area contributed by atoms with E-state index in [-0.39, 0.29) is 12.5 Å². The van der Waals surface area contributed by atoms with Crippen molar-refractivity contribution in [3.63, 3.8) is 0 Å². The lowest BCUT2D eigenvalue weighted by molar-refractivity contribution is -0.797. The summed E-state index contributed by atoms with van der Waals surface area (Å²) in [5.41, 5.74) is 0. The summed E-state index contributed by atoms with van der Waals surface area (Å²) in [7, 11) is 0. The Bertz CT molecular complexity index is 345. The SMILES string of the molecule is O=[N+]([O-])OC1COC(C2CCCCC2)C1O[N+](=O)[O-]. The number of nitrogens with zero attached hydrogens (tertiary/aromatic N) is 2. The average Bonchev–Trinajstić information content (AvgIpc) is 2.72. The zero-order chi connectivity index (χ0) is 13.8. The third-order valence-electron chi connectivity index (χ3n) is 3.69. The standard InChI is InChI=1S/C10H16N2O7/c13-11(14)18-8-6-17-9(10(8)19-12(15)16)7-4-2-1-3-5-7/h7-10H,1-6H2. The van der Waals surface area contributed by atoms with Crippen LogP contribution >= 0.6 is 0 Å². The summed E-state index contributed by atoms with van der Waals surface area (Å²) in [4.78, 5) is 29.9. The van der Waals surface area contributed by atoms with Crippen molar-refractivity contribution in [2.45, 2.75) is 50.4 Å². The predicted molar refractivity (Wildman–Crippen MR) is 60.0 cm³/mol. The van der Waals surface area contributed by atoms with Gasteiger partial charge < -0.3 is 14.4 Å². The third-order valence-corrected chi connectivity index (χ3v) is 3.69. The summed E-state index contributed by atoms with van der Waals surface area (Å²) in [6.45, 7) is -0.0549. The van der Waals surface area contributed by atoms with E-state index in [2.05, 4.69) is 9.68 Å². The summed E-state index contributed by atoms with van der Waals surface area (Å²) < 4.78 is 5.46. The summed E-state index contributed by atoms with van der Waals surface area (Å²) in [6.07, 6.45) is 2.44. The molecule has 2 fully saturated rings. The number of ether oxygens (including phenoxy) is 1. The van der Waals surface area contributed by atoms with Gasteiger partial charge in [0.15, 0.2) is 12.2 Å². The van der Waals surface area contributed by atoms with Crippen molar-refractivity contribution >= 4 is 0 Å². The fourth-order valence-electron chi connectivity index (χ4n) is 2.90. The molecule has 0 N–H and O–H groups in total. The van der Waals surface area contributed by atoms with Crippen molar-refractivity contribution in [1.29, 1.82) is 0 Å². The van der Waals surface area contributed by atoms with Crippen molar-refractivity contribution in [2.24, 2.45) is 5.92 Å². The molecular weight excluding hydrogens is 260 g/mol. The van der Waals surface area contributed by atoms with Gasteiger partial charge in [0.2, 0.25) is 0 Å². The summed E-state index contributed by atoms with van der Waals surface area (Å²) in [5.74, 6) is 0.138. The highest BCUT2D eigenvalue weighted by Gasteiger charge is 2.46. The first kappa shape index (κ1) is 13.8. The van der Waals surface area contributed by atoms with E-state index in [0.717, 1.165) is 32.1 Å². The second-order valence-electron chi connectivity index (χ2n) is 4.86. The van der Waals surface area contributed by atoms with Crippen LogP contribution in [-0.4, -0.2) is 35.1 Å². The van der Waals surface area contributed by atoms with Crippen molar-refractivity contribution in [3.8, 4) is 0 Å². The van der Waals surface area contributed by atoms with Crippen LogP contribution in [0.2, 0.25) is 0 Å². The molecule has 0 amide bonds. The second-order valence-corrected chi connectivity index (χ2v) is 4.86. The van der Waals surface area contributed by atoms with Crippen LogP contribution < -0.4 is 0 Å². The molecule has 3 unspecified atom stereocenters. The molecule has 0 aromatic heterocycles. The maximum atomic E-state index is 10.5. The molecule has 0 spiro atoms. The third kappa shape index (κ3) is 3.43. The van der Waals surface area contributed by atoms with Crippen LogP contribution in [0.5, 0.6) is 0 Å². The number of hydrogen-bond donors (Lipinski definition) is 0. The van der Waals surface area contributed by atoms with Gasteiger partial charge in [0.05, 0.1) is 12.7 Å². The second kappa shape index (κ2) is 6.00. The van der Waals surface area contributed by atoms with Gasteiger partial charge in [-0.05, 0) is 18.8 Å². The molecule has 108 valence electrons. The lowest BCUT2D eigenvalue weighted by Gasteiger charge is -2.30. The quantitative estimate of drug-likeness (QED) is 0.545. The molecular formula is C10H16N2O7. The first-order valence-electron chi connectivity index (χ1n) is 6.32. The van der Waals surface area contributed by atoms with Gasteiger partial charge in [-0.1, -0.05) is 19.3 Å². The van der Waals surface area contributed by atoms with E-state index in [1.165, 1.54) is 0 Å². The summed E-state index contributed by atoms with van der Waals surface area (Å²) in [5, 5.41) is 19.0. The van der Waals surface area contributed by atoms with E-state index >= 15 is 0 Å². The van der Waals surface area contributed by atoms with Crippen LogP contribution in [0.4, 0.5) is 0 Å². The fraction of sp³-hybridized carbons (Fsp3) is 1.00. The molecule has 9 nitrogen and oxygen atoms in total. The van der Waals surface area contributed by atoms with Crippen LogP contribution in [0.15, 0.2) is 0 Å². The summed E-state index contributed by atoms with van der Waals surface area (Å²) in [6, 6.07) is 0. The molecule has 1 saturated heterocycles. The molecule has 19 heavy (non-hydrogen) atoms. The van der Waals surface area contributed by atoms with Gasteiger partial charge in [-0.25, -0.2) is 0 Å². The maximum absolute atomic E-state index is 10.5. The molecule has 2 aliphatic rings.